The molecule has 0 aromatic carbocycles. The summed E-state index contributed by atoms with van der Waals surface area (Å²) in [4.78, 5) is 12.9. The lowest BCUT2D eigenvalue weighted by atomic mass is 9.81. The van der Waals surface area contributed by atoms with Gasteiger partial charge in [0.15, 0.2) is 5.78 Å². The maximum atomic E-state index is 12.9. The number of allylic oxidation sites excluding steroid dienone is 17. The third-order valence-electron chi connectivity index (χ3n) is 8.60. The summed E-state index contributed by atoms with van der Waals surface area (Å²) >= 11 is 0. The third kappa shape index (κ3) is 3.62. The summed E-state index contributed by atoms with van der Waals surface area (Å²) in [5.41, 5.74) is 7.22. The maximum Gasteiger partial charge on any atom is 0.163 e. The fourth-order valence-electron chi connectivity index (χ4n) is 6.87. The minimum Gasteiger partial charge on any atom is -0.294 e. The van der Waals surface area contributed by atoms with Gasteiger partial charge in [0.1, 0.15) is 0 Å². The second-order valence-corrected chi connectivity index (χ2v) is 10.5. The van der Waals surface area contributed by atoms with Gasteiger partial charge in [0.05, 0.1) is 0 Å². The summed E-state index contributed by atoms with van der Waals surface area (Å²) < 4.78 is 0. The molecular formula is C31H32O. The minimum absolute atomic E-state index is 0.220. The van der Waals surface area contributed by atoms with Crippen molar-refractivity contribution in [3.8, 4) is 0 Å². The van der Waals surface area contributed by atoms with Crippen LogP contribution in [0.2, 0.25) is 0 Å². The average Bonchev–Trinajstić information content (AvgIpc) is 3.51. The molecule has 32 heavy (non-hydrogen) atoms. The quantitative estimate of drug-likeness (QED) is 0.440. The molecule has 6 rings (SSSR count). The van der Waals surface area contributed by atoms with Gasteiger partial charge in [0.25, 0.3) is 0 Å². The number of Topliss-reactive ketones (excluding diaryl/α,β-unsaturated/α-hetero) is 1. The highest BCUT2D eigenvalue weighted by Crippen LogP contribution is 2.52. The second-order valence-electron chi connectivity index (χ2n) is 10.5. The van der Waals surface area contributed by atoms with E-state index in [0.29, 0.717) is 12.3 Å². The molecule has 6 aliphatic carbocycles. The van der Waals surface area contributed by atoms with E-state index >= 15 is 0 Å². The normalized spacial score (nSPS) is 33.9. The Balaban J connectivity index is 1.08. The van der Waals surface area contributed by atoms with Crippen LogP contribution in [-0.4, -0.2) is 5.78 Å². The summed E-state index contributed by atoms with van der Waals surface area (Å²) in [5.74, 6) is 3.77. The van der Waals surface area contributed by atoms with E-state index in [9.17, 15) is 4.79 Å². The highest BCUT2D eigenvalue weighted by atomic mass is 16.1. The van der Waals surface area contributed by atoms with Crippen molar-refractivity contribution in [3.05, 3.63) is 107 Å². The zero-order valence-corrected chi connectivity index (χ0v) is 18.8. The topological polar surface area (TPSA) is 17.1 Å². The molecule has 1 nitrogen and oxygen atoms in total. The first kappa shape index (κ1) is 20.0. The number of carbonyl (C=O) groups excluding carboxylic acids is 1. The first-order chi connectivity index (χ1) is 15.6. The molecule has 0 aromatic heterocycles. The summed E-state index contributed by atoms with van der Waals surface area (Å²) in [6.07, 6.45) is 32.7. The molecule has 0 heterocycles. The number of rotatable bonds is 6. The molecule has 6 aliphatic rings. The van der Waals surface area contributed by atoms with Crippen molar-refractivity contribution in [1.82, 2.24) is 0 Å². The number of hydrogen-bond acceptors (Lipinski definition) is 1. The molecule has 2 bridgehead atoms. The Morgan fingerprint density at radius 1 is 0.875 bits per heavy atom. The first-order valence-electron chi connectivity index (χ1n) is 12.5. The summed E-state index contributed by atoms with van der Waals surface area (Å²) in [5, 5.41) is 0. The molecule has 1 heteroatoms. The first-order valence-corrected chi connectivity index (χ1v) is 12.5. The fourth-order valence-corrected chi connectivity index (χ4v) is 6.87. The Bertz CT molecular complexity index is 1090. The smallest absolute Gasteiger partial charge is 0.163 e. The van der Waals surface area contributed by atoms with E-state index in [4.69, 9.17) is 0 Å². The average molecular weight is 421 g/mol. The third-order valence-corrected chi connectivity index (χ3v) is 8.60. The summed E-state index contributed by atoms with van der Waals surface area (Å²) in [7, 11) is 0. The summed E-state index contributed by atoms with van der Waals surface area (Å²) in [6.45, 7) is 4.18. The molecule has 2 saturated carbocycles. The number of ketones is 1. The predicted octanol–water partition coefficient (Wildman–Crippen LogP) is 7.31. The van der Waals surface area contributed by atoms with Crippen LogP contribution in [0.5, 0.6) is 0 Å². The minimum atomic E-state index is 0.220. The van der Waals surface area contributed by atoms with Crippen molar-refractivity contribution in [3.63, 3.8) is 0 Å². The lowest BCUT2D eigenvalue weighted by Gasteiger charge is -2.22. The van der Waals surface area contributed by atoms with E-state index in [1.54, 1.807) is 0 Å². The van der Waals surface area contributed by atoms with Crippen molar-refractivity contribution in [2.24, 2.45) is 29.6 Å². The molecule has 0 spiro atoms. The molecule has 2 atom stereocenters. The van der Waals surface area contributed by atoms with Gasteiger partial charge in [-0.05, 0) is 85.2 Å². The van der Waals surface area contributed by atoms with E-state index in [2.05, 4.69) is 61.3 Å². The lowest BCUT2D eigenvalue weighted by molar-refractivity contribution is -0.115. The van der Waals surface area contributed by atoms with Crippen LogP contribution in [0.4, 0.5) is 0 Å². The molecule has 0 amide bonds. The molecule has 0 aliphatic heterocycles. The number of hydrogen-bond donors (Lipinski definition) is 0. The molecule has 0 aromatic rings. The van der Waals surface area contributed by atoms with Gasteiger partial charge in [-0.2, -0.15) is 0 Å². The molecule has 162 valence electrons. The van der Waals surface area contributed by atoms with Gasteiger partial charge in [-0.3, -0.25) is 4.79 Å². The standard InChI is InChI=1S/C31H32O/c1-20-14-28(19-26-4-2-3-5-29(20)26)31(32)13-7-21-15-25-8-6-22(17-27(25)16-21)18-30-23-9-10-24(30)12-11-23/h2-6,8,14-17,19,23-24,27,29-30H,1,7,9-13,18H2. The van der Waals surface area contributed by atoms with Crippen LogP contribution >= 0.6 is 0 Å². The number of carbonyl (C=O) groups is 1. The van der Waals surface area contributed by atoms with Crippen molar-refractivity contribution in [2.75, 3.05) is 0 Å². The Morgan fingerprint density at radius 2 is 1.66 bits per heavy atom. The molecular weight excluding hydrogens is 388 g/mol. The van der Waals surface area contributed by atoms with Crippen LogP contribution in [-0.2, 0) is 4.79 Å². The highest BCUT2D eigenvalue weighted by Gasteiger charge is 2.41. The van der Waals surface area contributed by atoms with Gasteiger partial charge in [-0.15, -0.1) is 0 Å². The van der Waals surface area contributed by atoms with Crippen molar-refractivity contribution < 1.29 is 4.79 Å². The largest absolute Gasteiger partial charge is 0.294 e. The molecule has 0 saturated heterocycles. The fraction of sp³-hybridized carbons (Fsp3) is 0.387. The lowest BCUT2D eigenvalue weighted by Crippen LogP contribution is -2.12. The van der Waals surface area contributed by atoms with Crippen molar-refractivity contribution in [1.29, 1.82) is 0 Å². The second kappa shape index (κ2) is 8.03. The molecule has 0 radical (unpaired) electrons. The SMILES string of the molecule is C=C1C=C(C(=O)CCC2=CC3C=C(CC4C5CCC4CC5)C=CC3=C2)C=C2C=CC=CC12. The zero-order valence-electron chi connectivity index (χ0n) is 18.8. The van der Waals surface area contributed by atoms with Gasteiger partial charge in [0, 0.05) is 23.8 Å². The van der Waals surface area contributed by atoms with Gasteiger partial charge < -0.3 is 0 Å². The Kier molecular flexibility index (Phi) is 5.01. The van der Waals surface area contributed by atoms with E-state index < -0.39 is 0 Å². The van der Waals surface area contributed by atoms with Crippen LogP contribution < -0.4 is 0 Å². The van der Waals surface area contributed by atoms with Crippen LogP contribution in [0.15, 0.2) is 107 Å². The highest BCUT2D eigenvalue weighted by molar-refractivity contribution is 5.99. The molecule has 2 unspecified atom stereocenters. The van der Waals surface area contributed by atoms with Crippen molar-refractivity contribution >= 4 is 5.78 Å². The Labute approximate surface area is 192 Å². The van der Waals surface area contributed by atoms with Crippen molar-refractivity contribution in [2.45, 2.75) is 44.9 Å². The molecule has 0 N–H and O–H groups in total. The van der Waals surface area contributed by atoms with Gasteiger partial charge in [-0.25, -0.2) is 0 Å². The summed E-state index contributed by atoms with van der Waals surface area (Å²) in [6, 6.07) is 0. The van der Waals surface area contributed by atoms with Crippen LogP contribution in [0, 0.1) is 29.6 Å². The Hall–Kier alpha value is -2.67. The van der Waals surface area contributed by atoms with E-state index in [-0.39, 0.29) is 11.7 Å². The van der Waals surface area contributed by atoms with Crippen LogP contribution in [0.1, 0.15) is 44.9 Å². The zero-order chi connectivity index (χ0) is 21.7. The number of fused-ring (bicyclic) bond motifs is 4. The van der Waals surface area contributed by atoms with E-state index in [1.807, 2.05) is 12.2 Å². The van der Waals surface area contributed by atoms with E-state index in [1.165, 1.54) is 54.4 Å². The van der Waals surface area contributed by atoms with Gasteiger partial charge in [0.2, 0.25) is 0 Å². The predicted molar refractivity (Wildman–Crippen MR) is 132 cm³/mol. The Morgan fingerprint density at radius 3 is 2.47 bits per heavy atom. The van der Waals surface area contributed by atoms with Gasteiger partial charge >= 0.3 is 0 Å². The molecule has 2 fully saturated rings. The maximum absolute atomic E-state index is 12.9. The van der Waals surface area contributed by atoms with Gasteiger partial charge in [-0.1, -0.05) is 72.4 Å². The monoisotopic (exact) mass is 420 g/mol. The van der Waals surface area contributed by atoms with Crippen LogP contribution in [0.25, 0.3) is 0 Å². The van der Waals surface area contributed by atoms with E-state index in [0.717, 1.165) is 35.3 Å². The van der Waals surface area contributed by atoms with Crippen LogP contribution in [0.3, 0.4) is 0 Å².